The Morgan fingerprint density at radius 3 is 2.70 bits per heavy atom. The molecule has 1 aliphatic carbocycles. The predicted molar refractivity (Wildman–Crippen MR) is 80.6 cm³/mol. The first-order valence-electron chi connectivity index (χ1n) is 6.71. The highest BCUT2D eigenvalue weighted by molar-refractivity contribution is 9.10. The van der Waals surface area contributed by atoms with Gasteiger partial charge in [-0.15, -0.1) is 5.10 Å². The lowest BCUT2D eigenvalue weighted by Gasteiger charge is -2.05. The van der Waals surface area contributed by atoms with Crippen LogP contribution in [0.4, 0.5) is 0 Å². The highest BCUT2D eigenvalue weighted by Gasteiger charge is 2.27. The first kappa shape index (κ1) is 13.4. The number of rotatable bonds is 5. The summed E-state index contributed by atoms with van der Waals surface area (Å²) in [4.78, 5) is 0. The first-order valence-corrected chi connectivity index (χ1v) is 7.50. The maximum absolute atomic E-state index is 5.89. The van der Waals surface area contributed by atoms with Crippen LogP contribution in [0.2, 0.25) is 0 Å². The number of ether oxygens (including phenoxy) is 1. The van der Waals surface area contributed by atoms with Crippen LogP contribution in [0.1, 0.15) is 30.9 Å². The van der Waals surface area contributed by atoms with E-state index in [0.717, 1.165) is 40.7 Å². The molecule has 6 heteroatoms. The molecule has 0 saturated heterocycles. The quantitative estimate of drug-likeness (QED) is 0.843. The van der Waals surface area contributed by atoms with E-state index in [9.17, 15) is 0 Å². The SMILES string of the molecule is C=C(c1cn(C)nc1Br)c1cn(CC)nc1OC1CC1. The molecule has 1 aliphatic rings. The predicted octanol–water partition coefficient (Wildman–Crippen LogP) is 3.00. The van der Waals surface area contributed by atoms with Gasteiger partial charge in [-0.2, -0.15) is 5.10 Å². The summed E-state index contributed by atoms with van der Waals surface area (Å²) in [5, 5.41) is 8.78. The van der Waals surface area contributed by atoms with E-state index in [1.807, 2.05) is 24.1 Å². The van der Waals surface area contributed by atoms with Crippen LogP contribution in [0.5, 0.6) is 5.88 Å². The van der Waals surface area contributed by atoms with E-state index in [1.54, 1.807) is 4.68 Å². The van der Waals surface area contributed by atoms with E-state index in [2.05, 4.69) is 39.6 Å². The van der Waals surface area contributed by atoms with E-state index in [4.69, 9.17) is 4.74 Å². The summed E-state index contributed by atoms with van der Waals surface area (Å²) in [6.07, 6.45) is 6.47. The standard InChI is InChI=1S/C14H17BrN4O/c1-4-19-8-12(14(17-19)20-10-5-6-10)9(2)11-7-18(3)16-13(11)15/h7-8,10H,2,4-6H2,1,3H3. The number of hydrogen-bond donors (Lipinski definition) is 0. The summed E-state index contributed by atoms with van der Waals surface area (Å²) < 4.78 is 10.3. The zero-order valence-corrected chi connectivity index (χ0v) is 13.2. The number of aromatic nitrogens is 4. The maximum Gasteiger partial charge on any atom is 0.241 e. The molecule has 2 aromatic heterocycles. The molecular formula is C14H17BrN4O. The fourth-order valence-corrected chi connectivity index (χ4v) is 2.60. The lowest BCUT2D eigenvalue weighted by molar-refractivity contribution is 0.286. The van der Waals surface area contributed by atoms with Crippen molar-refractivity contribution < 1.29 is 4.74 Å². The second-order valence-electron chi connectivity index (χ2n) is 5.01. The summed E-state index contributed by atoms with van der Waals surface area (Å²) in [7, 11) is 1.89. The average Bonchev–Trinajstić information content (AvgIpc) is 3.02. The van der Waals surface area contributed by atoms with Gasteiger partial charge in [0.05, 0.1) is 5.56 Å². The van der Waals surface area contributed by atoms with Gasteiger partial charge in [-0.1, -0.05) is 6.58 Å². The Kier molecular flexibility index (Phi) is 3.41. The minimum absolute atomic E-state index is 0.319. The summed E-state index contributed by atoms with van der Waals surface area (Å²) in [5.74, 6) is 0.676. The Morgan fingerprint density at radius 1 is 1.40 bits per heavy atom. The molecule has 20 heavy (non-hydrogen) atoms. The lowest BCUT2D eigenvalue weighted by Crippen LogP contribution is -2.00. The van der Waals surface area contributed by atoms with Crippen molar-refractivity contribution in [1.29, 1.82) is 0 Å². The Bertz CT molecular complexity index is 654. The van der Waals surface area contributed by atoms with Gasteiger partial charge in [0.25, 0.3) is 0 Å². The van der Waals surface area contributed by atoms with Crippen LogP contribution in [-0.2, 0) is 13.6 Å². The van der Waals surface area contributed by atoms with Crippen LogP contribution < -0.4 is 4.74 Å². The molecule has 0 bridgehead atoms. The average molecular weight is 337 g/mol. The fraction of sp³-hybridized carbons (Fsp3) is 0.429. The molecule has 0 aromatic carbocycles. The normalized spacial score (nSPS) is 14.6. The molecule has 2 aromatic rings. The summed E-state index contributed by atoms with van der Waals surface area (Å²) in [5.41, 5.74) is 2.77. The van der Waals surface area contributed by atoms with Gasteiger partial charge >= 0.3 is 0 Å². The second kappa shape index (κ2) is 5.09. The summed E-state index contributed by atoms with van der Waals surface area (Å²) in [6, 6.07) is 0. The van der Waals surface area contributed by atoms with Gasteiger partial charge in [-0.05, 0) is 41.3 Å². The third kappa shape index (κ3) is 2.52. The number of aryl methyl sites for hydroxylation is 2. The molecule has 0 atom stereocenters. The monoisotopic (exact) mass is 336 g/mol. The second-order valence-corrected chi connectivity index (χ2v) is 5.76. The third-order valence-corrected chi connectivity index (χ3v) is 3.87. The Hall–Kier alpha value is -1.56. The molecule has 3 rings (SSSR count). The van der Waals surface area contributed by atoms with E-state index in [-0.39, 0.29) is 0 Å². The zero-order chi connectivity index (χ0) is 14.3. The van der Waals surface area contributed by atoms with Crippen LogP contribution in [-0.4, -0.2) is 25.7 Å². The molecule has 2 heterocycles. The van der Waals surface area contributed by atoms with Crippen molar-refractivity contribution in [2.75, 3.05) is 0 Å². The van der Waals surface area contributed by atoms with E-state index in [0.29, 0.717) is 12.0 Å². The van der Waals surface area contributed by atoms with Crippen LogP contribution >= 0.6 is 15.9 Å². The van der Waals surface area contributed by atoms with Crippen molar-refractivity contribution in [3.63, 3.8) is 0 Å². The van der Waals surface area contributed by atoms with Gasteiger partial charge in [0.15, 0.2) is 0 Å². The molecule has 5 nitrogen and oxygen atoms in total. The molecule has 0 radical (unpaired) electrons. The van der Waals surface area contributed by atoms with Gasteiger partial charge in [-0.25, -0.2) is 0 Å². The largest absolute Gasteiger partial charge is 0.473 e. The molecular weight excluding hydrogens is 320 g/mol. The van der Waals surface area contributed by atoms with E-state index < -0.39 is 0 Å². The maximum atomic E-state index is 5.89. The van der Waals surface area contributed by atoms with E-state index in [1.165, 1.54) is 0 Å². The Morgan fingerprint density at radius 2 is 2.15 bits per heavy atom. The molecule has 0 amide bonds. The fourth-order valence-electron chi connectivity index (χ4n) is 2.01. The van der Waals surface area contributed by atoms with Crippen LogP contribution in [0.3, 0.4) is 0 Å². The molecule has 0 unspecified atom stereocenters. The zero-order valence-electron chi connectivity index (χ0n) is 11.6. The van der Waals surface area contributed by atoms with Crippen molar-refractivity contribution in [3.8, 4) is 5.88 Å². The molecule has 106 valence electrons. The smallest absolute Gasteiger partial charge is 0.241 e. The van der Waals surface area contributed by atoms with E-state index >= 15 is 0 Å². The summed E-state index contributed by atoms with van der Waals surface area (Å²) in [6.45, 7) is 7.05. The minimum atomic E-state index is 0.319. The highest BCUT2D eigenvalue weighted by Crippen LogP contribution is 2.35. The first-order chi connectivity index (χ1) is 9.58. The van der Waals surface area contributed by atoms with Gasteiger partial charge in [0.1, 0.15) is 10.7 Å². The molecule has 0 aliphatic heterocycles. The van der Waals surface area contributed by atoms with Crippen molar-refractivity contribution >= 4 is 21.5 Å². The van der Waals surface area contributed by atoms with Gasteiger partial charge < -0.3 is 4.74 Å². The lowest BCUT2D eigenvalue weighted by atomic mass is 10.1. The molecule has 1 saturated carbocycles. The van der Waals surface area contributed by atoms with Crippen molar-refractivity contribution in [2.24, 2.45) is 7.05 Å². The Labute approximate surface area is 126 Å². The van der Waals surface area contributed by atoms with Crippen LogP contribution in [0.15, 0.2) is 23.6 Å². The third-order valence-electron chi connectivity index (χ3n) is 3.29. The number of halogens is 1. The molecule has 1 fully saturated rings. The number of hydrogen-bond acceptors (Lipinski definition) is 3. The topological polar surface area (TPSA) is 44.9 Å². The van der Waals surface area contributed by atoms with Gasteiger partial charge in [-0.3, -0.25) is 9.36 Å². The van der Waals surface area contributed by atoms with Gasteiger partial charge in [0, 0.05) is 31.5 Å². The van der Waals surface area contributed by atoms with Crippen LogP contribution in [0.25, 0.3) is 5.57 Å². The van der Waals surface area contributed by atoms with Crippen molar-refractivity contribution in [1.82, 2.24) is 19.6 Å². The summed E-state index contributed by atoms with van der Waals surface area (Å²) >= 11 is 3.47. The molecule has 0 spiro atoms. The minimum Gasteiger partial charge on any atom is -0.473 e. The highest BCUT2D eigenvalue weighted by atomic mass is 79.9. The Balaban J connectivity index is 1.96. The molecule has 0 N–H and O–H groups in total. The van der Waals surface area contributed by atoms with Crippen molar-refractivity contribution in [3.05, 3.63) is 34.7 Å². The van der Waals surface area contributed by atoms with Crippen molar-refractivity contribution in [2.45, 2.75) is 32.4 Å². The van der Waals surface area contributed by atoms with Crippen LogP contribution in [0, 0.1) is 0 Å². The van der Waals surface area contributed by atoms with Gasteiger partial charge in [0.2, 0.25) is 5.88 Å². The number of nitrogens with zero attached hydrogens (tertiary/aromatic N) is 4.